The van der Waals surface area contributed by atoms with E-state index in [-0.39, 0.29) is 26.9 Å². The molecule has 36 heavy (non-hydrogen) atoms. The quantitative estimate of drug-likeness (QED) is 0.399. The third kappa shape index (κ3) is 5.95. The van der Waals surface area contributed by atoms with Gasteiger partial charge in [0.1, 0.15) is 4.90 Å². The maximum Gasteiger partial charge on any atom is 0.253 e. The molecule has 0 unspecified atom stereocenters. The molecule has 2 fully saturated rings. The number of nitrogens with one attached hydrogen (secondary N) is 2. The average molecular weight is 555 g/mol. The Kier molecular flexibility index (Phi) is 8.15. The summed E-state index contributed by atoms with van der Waals surface area (Å²) in [5.74, 6) is 0.452. The average Bonchev–Trinajstić information content (AvgIpc) is 3.07. The number of carbonyl (C=O) groups excluding carboxylic acids is 1. The normalized spacial score (nSPS) is 17.7. The van der Waals surface area contributed by atoms with E-state index in [0.29, 0.717) is 17.0 Å². The Morgan fingerprint density at radius 3 is 2.28 bits per heavy atom. The number of halogens is 2. The summed E-state index contributed by atoms with van der Waals surface area (Å²) < 4.78 is 30.7. The zero-order chi connectivity index (χ0) is 26.3. The van der Waals surface area contributed by atoms with Crippen LogP contribution in [0.5, 0.6) is 0 Å². The van der Waals surface area contributed by atoms with Gasteiger partial charge in [-0.25, -0.2) is 13.1 Å². The van der Waals surface area contributed by atoms with Gasteiger partial charge in [-0.1, -0.05) is 42.5 Å². The summed E-state index contributed by atoms with van der Waals surface area (Å²) in [5, 5.41) is 3.30. The molecule has 1 amide bonds. The highest BCUT2D eigenvalue weighted by Crippen LogP contribution is 2.40. The molecule has 2 aliphatic rings. The fraction of sp³-hybridized carbons (Fsp3) is 0.593. The van der Waals surface area contributed by atoms with Crippen molar-refractivity contribution in [2.75, 3.05) is 0 Å². The van der Waals surface area contributed by atoms with Crippen LogP contribution in [0.3, 0.4) is 0 Å². The number of sulfonamides is 1. The number of amides is 1. The van der Waals surface area contributed by atoms with Crippen molar-refractivity contribution < 1.29 is 13.2 Å². The van der Waals surface area contributed by atoms with Crippen LogP contribution in [0.15, 0.2) is 23.1 Å². The van der Waals surface area contributed by atoms with Crippen molar-refractivity contribution in [1.29, 1.82) is 0 Å². The number of aromatic nitrogens is 1. The summed E-state index contributed by atoms with van der Waals surface area (Å²) in [6.07, 6.45) is 9.19. The number of carbonyl (C=O) groups is 1. The van der Waals surface area contributed by atoms with Crippen molar-refractivity contribution in [3.05, 3.63) is 39.5 Å². The first-order valence-corrected chi connectivity index (χ1v) is 15.1. The Morgan fingerprint density at radius 1 is 1.03 bits per heavy atom. The summed E-state index contributed by atoms with van der Waals surface area (Å²) in [7, 11) is -3.87. The predicted octanol–water partition coefficient (Wildman–Crippen LogP) is 6.71. The lowest BCUT2D eigenvalue weighted by Gasteiger charge is -2.26. The Balaban J connectivity index is 1.76. The van der Waals surface area contributed by atoms with Gasteiger partial charge in [0.15, 0.2) is 0 Å². The van der Waals surface area contributed by atoms with Gasteiger partial charge in [-0.3, -0.25) is 4.79 Å². The lowest BCUT2D eigenvalue weighted by molar-refractivity contribution is 0.0916. The Hall–Kier alpha value is -1.54. The fourth-order valence-corrected chi connectivity index (χ4v) is 7.46. The molecule has 1 aromatic carbocycles. The Morgan fingerprint density at radius 2 is 1.69 bits per heavy atom. The van der Waals surface area contributed by atoms with E-state index in [1.165, 1.54) is 25.3 Å². The highest BCUT2D eigenvalue weighted by molar-refractivity contribution is 7.89. The van der Waals surface area contributed by atoms with E-state index in [9.17, 15) is 13.2 Å². The number of nitrogens with zero attached hydrogens (tertiary/aromatic N) is 1. The van der Waals surface area contributed by atoms with Crippen molar-refractivity contribution in [2.45, 2.75) is 102 Å². The van der Waals surface area contributed by atoms with E-state index in [1.54, 1.807) is 26.8 Å². The van der Waals surface area contributed by atoms with Gasteiger partial charge in [-0.05, 0) is 83.9 Å². The first-order valence-electron chi connectivity index (χ1n) is 12.9. The van der Waals surface area contributed by atoms with Gasteiger partial charge < -0.3 is 9.88 Å². The van der Waals surface area contributed by atoms with Gasteiger partial charge >= 0.3 is 0 Å². The number of benzene rings is 1. The van der Waals surface area contributed by atoms with E-state index in [4.69, 9.17) is 23.2 Å². The molecular formula is C27H37Cl2N3O3S. The number of hydrogen-bond donors (Lipinski definition) is 2. The molecule has 1 heterocycles. The van der Waals surface area contributed by atoms with Crippen molar-refractivity contribution in [1.82, 2.24) is 14.6 Å². The van der Waals surface area contributed by atoms with Crippen LogP contribution in [0.4, 0.5) is 0 Å². The highest BCUT2D eigenvalue weighted by atomic mass is 35.5. The molecule has 0 atom stereocenters. The van der Waals surface area contributed by atoms with Gasteiger partial charge in [-0.15, -0.1) is 0 Å². The minimum Gasteiger partial charge on any atom is -0.349 e. The molecule has 9 heteroatoms. The van der Waals surface area contributed by atoms with Crippen LogP contribution in [-0.2, 0) is 16.6 Å². The molecule has 1 aromatic heterocycles. The van der Waals surface area contributed by atoms with E-state index >= 15 is 0 Å². The van der Waals surface area contributed by atoms with Crippen LogP contribution in [0, 0.1) is 12.8 Å². The lowest BCUT2D eigenvalue weighted by atomic mass is 9.89. The zero-order valence-corrected chi connectivity index (χ0v) is 23.9. The van der Waals surface area contributed by atoms with Gasteiger partial charge in [0.2, 0.25) is 10.0 Å². The van der Waals surface area contributed by atoms with Crippen molar-refractivity contribution >= 4 is 39.1 Å². The molecule has 0 aliphatic heterocycles. The molecule has 0 radical (unpaired) electrons. The largest absolute Gasteiger partial charge is 0.349 e. The molecule has 198 valence electrons. The predicted molar refractivity (Wildman–Crippen MR) is 146 cm³/mol. The molecule has 0 spiro atoms. The van der Waals surface area contributed by atoms with Crippen LogP contribution in [-0.4, -0.2) is 30.5 Å². The minimum absolute atomic E-state index is 0.0190. The maximum atomic E-state index is 13.2. The third-order valence-electron chi connectivity index (χ3n) is 7.27. The van der Waals surface area contributed by atoms with Crippen LogP contribution in [0.25, 0.3) is 11.3 Å². The molecule has 2 N–H and O–H groups in total. The number of rotatable bonds is 7. The molecular weight excluding hydrogens is 517 g/mol. The van der Waals surface area contributed by atoms with Crippen molar-refractivity contribution in [2.24, 2.45) is 5.92 Å². The molecule has 2 aromatic rings. The van der Waals surface area contributed by atoms with Gasteiger partial charge in [-0.2, -0.15) is 0 Å². The summed E-state index contributed by atoms with van der Waals surface area (Å²) in [6.45, 7) is 8.07. The minimum atomic E-state index is -3.87. The van der Waals surface area contributed by atoms with E-state index in [0.717, 1.165) is 50.0 Å². The molecule has 4 rings (SSSR count). The summed E-state index contributed by atoms with van der Waals surface area (Å²) in [4.78, 5) is 13.1. The molecule has 6 nitrogen and oxygen atoms in total. The molecule has 2 aliphatic carbocycles. The summed E-state index contributed by atoms with van der Waals surface area (Å²) in [6, 6.07) is 5.31. The van der Waals surface area contributed by atoms with Crippen LogP contribution in [0.2, 0.25) is 10.0 Å². The van der Waals surface area contributed by atoms with Crippen LogP contribution >= 0.6 is 23.2 Å². The van der Waals surface area contributed by atoms with E-state index < -0.39 is 15.6 Å². The smallest absolute Gasteiger partial charge is 0.253 e. The second kappa shape index (κ2) is 10.7. The van der Waals surface area contributed by atoms with Crippen LogP contribution in [0.1, 0.15) is 88.2 Å². The maximum absolute atomic E-state index is 13.2. The molecule has 2 saturated carbocycles. The van der Waals surface area contributed by atoms with Gasteiger partial charge in [0.25, 0.3) is 5.91 Å². The van der Waals surface area contributed by atoms with Gasteiger partial charge in [0.05, 0.1) is 21.3 Å². The second-order valence-corrected chi connectivity index (χ2v) is 13.7. The SMILES string of the molecule is Cc1c(C(=O)NC2CCC2)cc(-c2ccc(S(=O)(=O)NC(C)(C)C)c(Cl)c2Cl)n1CC1CCCCC1. The zero-order valence-electron chi connectivity index (χ0n) is 21.6. The first-order chi connectivity index (χ1) is 16.9. The standard InChI is InChI=1S/C27H37Cl2N3O3S/c1-17-21(26(33)30-19-11-8-12-19)15-22(32(17)16-18-9-6-5-7-10-18)20-13-14-23(25(29)24(20)28)36(34,35)31-27(2,3)4/h13-15,18-19,31H,5-12,16H2,1-4H3,(H,30,33). The molecule has 0 saturated heterocycles. The van der Waals surface area contributed by atoms with Crippen molar-refractivity contribution in [3.8, 4) is 11.3 Å². The lowest BCUT2D eigenvalue weighted by Crippen LogP contribution is -2.40. The Bertz CT molecular complexity index is 1240. The monoisotopic (exact) mass is 553 g/mol. The van der Waals surface area contributed by atoms with Crippen LogP contribution < -0.4 is 10.0 Å². The summed E-state index contributed by atoms with van der Waals surface area (Å²) in [5.41, 5.74) is 2.27. The summed E-state index contributed by atoms with van der Waals surface area (Å²) >= 11 is 13.3. The fourth-order valence-electron chi connectivity index (χ4n) is 5.17. The first kappa shape index (κ1) is 27.5. The number of hydrogen-bond acceptors (Lipinski definition) is 3. The second-order valence-electron chi connectivity index (χ2n) is 11.3. The highest BCUT2D eigenvalue weighted by Gasteiger charge is 2.29. The van der Waals surface area contributed by atoms with Gasteiger partial charge in [0, 0.05) is 29.4 Å². The van der Waals surface area contributed by atoms with Crippen molar-refractivity contribution in [3.63, 3.8) is 0 Å². The Labute approximate surface area is 225 Å². The van der Waals surface area contributed by atoms with E-state index in [2.05, 4.69) is 14.6 Å². The molecule has 0 bridgehead atoms. The van der Waals surface area contributed by atoms with E-state index in [1.807, 2.05) is 13.0 Å². The topological polar surface area (TPSA) is 80.2 Å². The third-order valence-corrected chi connectivity index (χ3v) is 10.1.